The average Bonchev–Trinajstić information content (AvgIpc) is 2.71. The highest BCUT2D eigenvalue weighted by Gasteiger charge is 2.34. The van der Waals surface area contributed by atoms with Crippen molar-refractivity contribution in [1.29, 1.82) is 0 Å². The standard InChI is InChI=1S/C9H12N4O5/c14-4-6-5(15)3-8(18-6)13-2-1-7(11-12-17)10-9(13)16/h1-2,5-6,8,14-15H,3-4H2,(H,10,11,16,17)/t5-,6+,8+/m0/s1. The molecule has 18 heavy (non-hydrogen) atoms. The molecule has 0 saturated carbocycles. The van der Waals surface area contributed by atoms with Gasteiger partial charge in [0, 0.05) is 12.6 Å². The lowest BCUT2D eigenvalue weighted by atomic mass is 10.2. The van der Waals surface area contributed by atoms with E-state index in [0.29, 0.717) is 0 Å². The summed E-state index contributed by atoms with van der Waals surface area (Å²) in [5, 5.41) is 20.9. The van der Waals surface area contributed by atoms with Crippen LogP contribution in [0, 0.1) is 4.91 Å². The van der Waals surface area contributed by atoms with E-state index >= 15 is 0 Å². The second kappa shape index (κ2) is 5.21. The third-order valence-corrected chi connectivity index (χ3v) is 2.68. The topological polar surface area (TPSA) is 126 Å². The number of hydrogen-bond donors (Lipinski definition) is 3. The Labute approximate surface area is 101 Å². The van der Waals surface area contributed by atoms with Crippen molar-refractivity contribution in [2.45, 2.75) is 24.9 Å². The van der Waals surface area contributed by atoms with Crippen LogP contribution in [-0.2, 0) is 4.74 Å². The Balaban J connectivity index is 2.20. The number of aromatic nitrogens is 2. The molecule has 9 nitrogen and oxygen atoms in total. The van der Waals surface area contributed by atoms with E-state index in [1.54, 1.807) is 0 Å². The third kappa shape index (κ3) is 2.37. The molecule has 3 N–H and O–H groups in total. The van der Waals surface area contributed by atoms with Crippen molar-refractivity contribution in [1.82, 2.24) is 9.55 Å². The summed E-state index contributed by atoms with van der Waals surface area (Å²) in [7, 11) is 0. The van der Waals surface area contributed by atoms with Gasteiger partial charge in [0.2, 0.25) is 0 Å². The summed E-state index contributed by atoms with van der Waals surface area (Å²) in [5.41, 5.74) is 1.37. The smallest absolute Gasteiger partial charge is 0.351 e. The van der Waals surface area contributed by atoms with Gasteiger partial charge in [0.25, 0.3) is 0 Å². The maximum atomic E-state index is 11.6. The molecule has 0 aliphatic carbocycles. The number of aliphatic hydroxyl groups excluding tert-OH is 2. The highest BCUT2D eigenvalue weighted by atomic mass is 16.5. The Kier molecular flexibility index (Phi) is 3.65. The fourth-order valence-electron chi connectivity index (χ4n) is 1.79. The molecule has 0 spiro atoms. The number of rotatable bonds is 4. The molecule has 3 atom stereocenters. The van der Waals surface area contributed by atoms with Crippen LogP contribution in [0.4, 0.5) is 5.82 Å². The van der Waals surface area contributed by atoms with Gasteiger partial charge in [0.1, 0.15) is 12.3 Å². The van der Waals surface area contributed by atoms with Gasteiger partial charge in [0.05, 0.1) is 18.0 Å². The fourth-order valence-corrected chi connectivity index (χ4v) is 1.79. The molecule has 1 fully saturated rings. The van der Waals surface area contributed by atoms with Gasteiger partial charge in [-0.1, -0.05) is 0 Å². The van der Waals surface area contributed by atoms with Crippen LogP contribution < -0.4 is 11.1 Å². The number of anilines is 1. The number of ether oxygens (including phenoxy) is 1. The van der Waals surface area contributed by atoms with Crippen molar-refractivity contribution < 1.29 is 14.9 Å². The molecule has 1 saturated heterocycles. The maximum Gasteiger partial charge on any atom is 0.351 e. The first-order valence-corrected chi connectivity index (χ1v) is 5.27. The second-order valence-corrected chi connectivity index (χ2v) is 3.82. The summed E-state index contributed by atoms with van der Waals surface area (Å²) in [6, 6.07) is 1.38. The molecular formula is C9H12N4O5. The molecule has 1 aliphatic heterocycles. The van der Waals surface area contributed by atoms with Gasteiger partial charge in [-0.2, -0.15) is 4.98 Å². The van der Waals surface area contributed by atoms with Crippen LogP contribution in [0.2, 0.25) is 0 Å². The molecule has 0 amide bonds. The van der Waals surface area contributed by atoms with Crippen LogP contribution in [0.5, 0.6) is 0 Å². The van der Waals surface area contributed by atoms with Crippen LogP contribution in [0.25, 0.3) is 0 Å². The van der Waals surface area contributed by atoms with Crippen LogP contribution in [0.3, 0.4) is 0 Å². The molecule has 0 radical (unpaired) electrons. The van der Waals surface area contributed by atoms with E-state index in [-0.39, 0.29) is 18.8 Å². The monoisotopic (exact) mass is 256 g/mol. The predicted molar refractivity (Wildman–Crippen MR) is 59.5 cm³/mol. The molecule has 9 heteroatoms. The molecule has 2 rings (SSSR count). The number of aliphatic hydroxyl groups is 2. The quantitative estimate of drug-likeness (QED) is 0.464. The zero-order valence-corrected chi connectivity index (χ0v) is 9.26. The number of nitrogens with zero attached hydrogens (tertiary/aromatic N) is 3. The Morgan fingerprint density at radius 2 is 2.44 bits per heavy atom. The molecule has 0 aromatic carbocycles. The molecule has 0 bridgehead atoms. The summed E-state index contributed by atoms with van der Waals surface area (Å²) in [4.78, 5) is 25.2. The Morgan fingerprint density at radius 1 is 1.67 bits per heavy atom. The van der Waals surface area contributed by atoms with E-state index in [4.69, 9.17) is 9.84 Å². The normalized spacial score (nSPS) is 27.1. The van der Waals surface area contributed by atoms with Crippen molar-refractivity contribution in [3.05, 3.63) is 27.7 Å². The average molecular weight is 256 g/mol. The van der Waals surface area contributed by atoms with Crippen molar-refractivity contribution in [3.63, 3.8) is 0 Å². The Bertz CT molecular complexity index is 490. The summed E-state index contributed by atoms with van der Waals surface area (Å²) >= 11 is 0. The zero-order valence-electron chi connectivity index (χ0n) is 9.26. The lowest BCUT2D eigenvalue weighted by molar-refractivity contribution is -0.0458. The summed E-state index contributed by atoms with van der Waals surface area (Å²) in [6.45, 7) is -0.325. The van der Waals surface area contributed by atoms with Crippen LogP contribution >= 0.6 is 0 Å². The SMILES string of the molecule is O=NNc1ccn([C@H]2C[C@H](O)[C@@H](CO)O2)c(=O)n1. The highest BCUT2D eigenvalue weighted by molar-refractivity contribution is 5.30. The van der Waals surface area contributed by atoms with Crippen molar-refractivity contribution >= 4 is 5.82 Å². The van der Waals surface area contributed by atoms with Crippen molar-refractivity contribution in [2.24, 2.45) is 5.29 Å². The van der Waals surface area contributed by atoms with Crippen LogP contribution in [0.1, 0.15) is 12.6 Å². The van der Waals surface area contributed by atoms with E-state index in [1.807, 2.05) is 5.43 Å². The molecule has 1 aromatic heterocycles. The van der Waals surface area contributed by atoms with E-state index < -0.39 is 24.1 Å². The Hall–Kier alpha value is -1.84. The molecular weight excluding hydrogens is 244 g/mol. The first-order chi connectivity index (χ1) is 8.65. The van der Waals surface area contributed by atoms with Gasteiger partial charge < -0.3 is 14.9 Å². The summed E-state index contributed by atoms with van der Waals surface area (Å²) in [6.07, 6.45) is -0.668. The van der Waals surface area contributed by atoms with Crippen LogP contribution in [-0.4, -0.2) is 38.6 Å². The Morgan fingerprint density at radius 3 is 3.00 bits per heavy atom. The van der Waals surface area contributed by atoms with E-state index in [2.05, 4.69) is 10.3 Å². The van der Waals surface area contributed by atoms with Gasteiger partial charge in [-0.25, -0.2) is 10.2 Å². The number of hydrogen-bond acceptors (Lipinski definition) is 7. The summed E-state index contributed by atoms with van der Waals surface area (Å²) in [5.74, 6) is 0.0310. The van der Waals surface area contributed by atoms with Crippen LogP contribution in [0.15, 0.2) is 22.3 Å². The molecule has 1 aliphatic rings. The highest BCUT2D eigenvalue weighted by Crippen LogP contribution is 2.27. The largest absolute Gasteiger partial charge is 0.394 e. The van der Waals surface area contributed by atoms with E-state index in [0.717, 1.165) is 0 Å². The lowest BCUT2D eigenvalue weighted by Crippen LogP contribution is -2.27. The van der Waals surface area contributed by atoms with Gasteiger partial charge in [-0.3, -0.25) is 4.57 Å². The second-order valence-electron chi connectivity index (χ2n) is 3.82. The fraction of sp³-hybridized carbons (Fsp3) is 0.556. The molecule has 0 unspecified atom stereocenters. The van der Waals surface area contributed by atoms with Gasteiger partial charge in [-0.05, 0) is 6.07 Å². The molecule has 2 heterocycles. The maximum absolute atomic E-state index is 11.6. The lowest BCUT2D eigenvalue weighted by Gasteiger charge is -2.14. The minimum absolute atomic E-state index is 0.0310. The zero-order chi connectivity index (χ0) is 13.1. The minimum Gasteiger partial charge on any atom is -0.394 e. The van der Waals surface area contributed by atoms with Gasteiger partial charge in [0.15, 0.2) is 5.82 Å². The predicted octanol–water partition coefficient (Wildman–Crippen LogP) is -1.02. The van der Waals surface area contributed by atoms with Crippen molar-refractivity contribution in [3.8, 4) is 0 Å². The van der Waals surface area contributed by atoms with Gasteiger partial charge >= 0.3 is 5.69 Å². The molecule has 1 aromatic rings. The first kappa shape index (κ1) is 12.6. The molecule has 98 valence electrons. The van der Waals surface area contributed by atoms with E-state index in [9.17, 15) is 14.8 Å². The van der Waals surface area contributed by atoms with Gasteiger partial charge in [-0.15, -0.1) is 4.91 Å². The third-order valence-electron chi connectivity index (χ3n) is 2.68. The van der Waals surface area contributed by atoms with Crippen molar-refractivity contribution in [2.75, 3.05) is 12.0 Å². The minimum atomic E-state index is -0.832. The first-order valence-electron chi connectivity index (χ1n) is 5.27. The van der Waals surface area contributed by atoms with E-state index in [1.165, 1.54) is 16.8 Å². The number of nitroso groups, excluding NO2 is 1. The summed E-state index contributed by atoms with van der Waals surface area (Å²) < 4.78 is 6.48. The number of nitrogens with one attached hydrogen (secondary N) is 1.